The molecule has 0 aromatic heterocycles. The molecule has 0 heterocycles. The highest BCUT2D eigenvalue weighted by atomic mass is 16.5. The van der Waals surface area contributed by atoms with Gasteiger partial charge in [0, 0.05) is 25.8 Å². The molecule has 4 heteroatoms. The predicted octanol–water partition coefficient (Wildman–Crippen LogP) is 0.917. The Kier molecular flexibility index (Phi) is 5.22. The van der Waals surface area contributed by atoms with Gasteiger partial charge in [-0.1, -0.05) is 0 Å². The summed E-state index contributed by atoms with van der Waals surface area (Å²) in [5.41, 5.74) is 0.101. The van der Waals surface area contributed by atoms with Gasteiger partial charge in [-0.2, -0.15) is 0 Å². The summed E-state index contributed by atoms with van der Waals surface area (Å²) in [7, 11) is 1.67. The summed E-state index contributed by atoms with van der Waals surface area (Å²) in [5, 5.41) is 6.19. The van der Waals surface area contributed by atoms with Gasteiger partial charge in [0.05, 0.1) is 6.54 Å². The van der Waals surface area contributed by atoms with Gasteiger partial charge in [-0.25, -0.2) is 0 Å². The molecule has 0 aliphatic heterocycles. The first-order valence-corrected chi connectivity index (χ1v) is 6.07. The van der Waals surface area contributed by atoms with Crippen LogP contribution in [0, 0.1) is 5.92 Å². The summed E-state index contributed by atoms with van der Waals surface area (Å²) in [6, 6.07) is 0. The number of rotatable bonds is 8. The minimum absolute atomic E-state index is 0.0739. The van der Waals surface area contributed by atoms with E-state index in [0.717, 1.165) is 12.3 Å². The fourth-order valence-corrected chi connectivity index (χ4v) is 1.76. The second kappa shape index (κ2) is 6.21. The van der Waals surface area contributed by atoms with E-state index in [1.54, 1.807) is 7.11 Å². The number of ether oxygens (including phenoxy) is 1. The molecular formula is C12H24N2O2. The molecule has 2 N–H and O–H groups in total. The van der Waals surface area contributed by atoms with Crippen LogP contribution in [-0.2, 0) is 9.53 Å². The summed E-state index contributed by atoms with van der Waals surface area (Å²) in [6.07, 6.45) is 3.44. The Morgan fingerprint density at radius 3 is 2.69 bits per heavy atom. The lowest BCUT2D eigenvalue weighted by molar-refractivity contribution is -0.120. The number of methoxy groups -OCH3 is 1. The molecule has 1 rings (SSSR count). The first-order valence-electron chi connectivity index (χ1n) is 6.07. The fourth-order valence-electron chi connectivity index (χ4n) is 1.76. The summed E-state index contributed by atoms with van der Waals surface area (Å²) in [6.45, 7) is 6.14. The molecule has 0 spiro atoms. The van der Waals surface area contributed by atoms with Gasteiger partial charge < -0.3 is 15.4 Å². The fraction of sp³-hybridized carbons (Fsp3) is 0.917. The maximum absolute atomic E-state index is 11.5. The van der Waals surface area contributed by atoms with Gasteiger partial charge in [0.25, 0.3) is 0 Å². The van der Waals surface area contributed by atoms with Crippen molar-refractivity contribution in [2.75, 3.05) is 26.8 Å². The van der Waals surface area contributed by atoms with Crippen molar-refractivity contribution in [3.8, 4) is 0 Å². The van der Waals surface area contributed by atoms with Crippen molar-refractivity contribution < 1.29 is 9.53 Å². The van der Waals surface area contributed by atoms with Crippen LogP contribution in [0.5, 0.6) is 0 Å². The average Bonchev–Trinajstić information content (AvgIpc) is 3.05. The van der Waals surface area contributed by atoms with E-state index < -0.39 is 0 Å². The van der Waals surface area contributed by atoms with E-state index >= 15 is 0 Å². The van der Waals surface area contributed by atoms with E-state index in [0.29, 0.717) is 19.7 Å². The molecule has 1 saturated carbocycles. The van der Waals surface area contributed by atoms with E-state index in [9.17, 15) is 4.79 Å². The van der Waals surface area contributed by atoms with Crippen molar-refractivity contribution >= 4 is 5.91 Å². The van der Waals surface area contributed by atoms with Gasteiger partial charge in [0.1, 0.15) is 0 Å². The highest BCUT2D eigenvalue weighted by Gasteiger charge is 2.37. The number of hydrogen-bond donors (Lipinski definition) is 2. The van der Waals surface area contributed by atoms with Crippen molar-refractivity contribution in [3.63, 3.8) is 0 Å². The molecule has 1 fully saturated rings. The van der Waals surface area contributed by atoms with Crippen molar-refractivity contribution in [1.29, 1.82) is 0 Å². The lowest BCUT2D eigenvalue weighted by Crippen LogP contribution is -2.46. The molecule has 16 heavy (non-hydrogen) atoms. The Balaban J connectivity index is 2.05. The lowest BCUT2D eigenvalue weighted by Gasteiger charge is -2.25. The minimum Gasteiger partial charge on any atom is -0.385 e. The van der Waals surface area contributed by atoms with Crippen LogP contribution >= 0.6 is 0 Å². The number of carbonyl (C=O) groups is 1. The third kappa shape index (κ3) is 4.94. The van der Waals surface area contributed by atoms with E-state index in [1.807, 2.05) is 0 Å². The van der Waals surface area contributed by atoms with Crippen molar-refractivity contribution in [3.05, 3.63) is 0 Å². The monoisotopic (exact) mass is 228 g/mol. The lowest BCUT2D eigenvalue weighted by atomic mass is 9.99. The number of amides is 1. The zero-order valence-electron chi connectivity index (χ0n) is 10.6. The van der Waals surface area contributed by atoms with Gasteiger partial charge in [-0.15, -0.1) is 0 Å². The number of hydrogen-bond acceptors (Lipinski definition) is 3. The van der Waals surface area contributed by atoms with Crippen LogP contribution in [0.2, 0.25) is 0 Å². The zero-order valence-corrected chi connectivity index (χ0v) is 10.6. The smallest absolute Gasteiger partial charge is 0.233 e. The molecular weight excluding hydrogens is 204 g/mol. The van der Waals surface area contributed by atoms with Gasteiger partial charge in [0.2, 0.25) is 5.91 Å². The van der Waals surface area contributed by atoms with Crippen molar-refractivity contribution in [2.45, 2.75) is 38.6 Å². The van der Waals surface area contributed by atoms with Crippen LogP contribution in [0.3, 0.4) is 0 Å². The normalized spacial score (nSPS) is 16.2. The Morgan fingerprint density at radius 2 is 2.12 bits per heavy atom. The maximum atomic E-state index is 11.5. The molecule has 0 aromatic carbocycles. The van der Waals surface area contributed by atoms with Gasteiger partial charge >= 0.3 is 0 Å². The van der Waals surface area contributed by atoms with Gasteiger partial charge in [-0.05, 0) is 39.0 Å². The number of carbonyl (C=O) groups excluding carboxylic acids is 1. The van der Waals surface area contributed by atoms with Gasteiger partial charge in [0.15, 0.2) is 0 Å². The van der Waals surface area contributed by atoms with Crippen LogP contribution in [0.4, 0.5) is 0 Å². The highest BCUT2D eigenvalue weighted by Crippen LogP contribution is 2.38. The summed E-state index contributed by atoms with van der Waals surface area (Å²) in [5.74, 6) is 0.818. The Bertz CT molecular complexity index is 225. The molecule has 4 nitrogen and oxygen atoms in total. The van der Waals surface area contributed by atoms with E-state index in [4.69, 9.17) is 4.74 Å². The van der Waals surface area contributed by atoms with Crippen LogP contribution in [-0.4, -0.2) is 38.3 Å². The molecule has 0 bridgehead atoms. The first-order chi connectivity index (χ1) is 7.56. The second-order valence-corrected chi connectivity index (χ2v) is 5.05. The third-order valence-electron chi connectivity index (χ3n) is 3.15. The Labute approximate surface area is 98.1 Å². The largest absolute Gasteiger partial charge is 0.385 e. The average molecular weight is 228 g/mol. The van der Waals surface area contributed by atoms with Crippen LogP contribution in [0.15, 0.2) is 0 Å². The maximum Gasteiger partial charge on any atom is 0.233 e. The van der Waals surface area contributed by atoms with Crippen LogP contribution in [0.25, 0.3) is 0 Å². The molecule has 0 saturated heterocycles. The SMILES string of the molecule is COCCCNC(=O)CNC(C)(C)C1CC1. The van der Waals surface area contributed by atoms with Crippen LogP contribution in [0.1, 0.15) is 33.1 Å². The van der Waals surface area contributed by atoms with Crippen molar-refractivity contribution in [1.82, 2.24) is 10.6 Å². The topological polar surface area (TPSA) is 50.4 Å². The zero-order chi connectivity index (χ0) is 12.0. The molecule has 1 amide bonds. The molecule has 0 radical (unpaired) electrons. The van der Waals surface area contributed by atoms with Crippen molar-refractivity contribution in [2.24, 2.45) is 5.92 Å². The molecule has 0 aromatic rings. The standard InChI is InChI=1S/C12H24N2O2/c1-12(2,10-5-6-10)14-9-11(15)13-7-4-8-16-3/h10,14H,4-9H2,1-3H3,(H,13,15). The summed E-state index contributed by atoms with van der Waals surface area (Å²) >= 11 is 0. The summed E-state index contributed by atoms with van der Waals surface area (Å²) < 4.78 is 4.91. The van der Waals surface area contributed by atoms with Crippen LogP contribution < -0.4 is 10.6 Å². The Hall–Kier alpha value is -0.610. The molecule has 0 unspecified atom stereocenters. The van der Waals surface area contributed by atoms with E-state index in [2.05, 4.69) is 24.5 Å². The van der Waals surface area contributed by atoms with Gasteiger partial charge in [-0.3, -0.25) is 4.79 Å². The third-order valence-corrected chi connectivity index (χ3v) is 3.15. The first kappa shape index (κ1) is 13.5. The quantitative estimate of drug-likeness (QED) is 0.607. The summed E-state index contributed by atoms with van der Waals surface area (Å²) in [4.78, 5) is 11.5. The second-order valence-electron chi connectivity index (χ2n) is 5.05. The Morgan fingerprint density at radius 1 is 1.44 bits per heavy atom. The number of nitrogens with one attached hydrogen (secondary N) is 2. The minimum atomic E-state index is 0.0739. The van der Waals surface area contributed by atoms with E-state index in [1.165, 1.54) is 12.8 Å². The molecule has 0 atom stereocenters. The highest BCUT2D eigenvalue weighted by molar-refractivity contribution is 5.78. The molecule has 94 valence electrons. The van der Waals surface area contributed by atoms with E-state index in [-0.39, 0.29) is 11.4 Å². The molecule has 1 aliphatic rings. The predicted molar refractivity (Wildman–Crippen MR) is 64.3 cm³/mol. The molecule has 1 aliphatic carbocycles.